The molecular formula is C24H28N6O4. The summed E-state index contributed by atoms with van der Waals surface area (Å²) in [6.45, 7) is 7.04. The van der Waals surface area contributed by atoms with Crippen LogP contribution in [0.1, 0.15) is 71.8 Å². The van der Waals surface area contributed by atoms with Crippen molar-refractivity contribution in [2.75, 3.05) is 13.2 Å². The molecule has 10 nitrogen and oxygen atoms in total. The number of pyridine rings is 1. The number of nitrogens with zero attached hydrogens (tertiary/aromatic N) is 4. The molecule has 0 aromatic carbocycles. The highest BCUT2D eigenvalue weighted by atomic mass is 16.5. The van der Waals surface area contributed by atoms with Crippen LogP contribution in [0, 0.1) is 0 Å². The average Bonchev–Trinajstić information content (AvgIpc) is 3.58. The van der Waals surface area contributed by atoms with Gasteiger partial charge in [0.2, 0.25) is 5.43 Å². The molecule has 0 unspecified atom stereocenters. The molecule has 0 radical (unpaired) electrons. The number of nitrogens with one attached hydrogen (secondary N) is 2. The lowest BCUT2D eigenvalue weighted by molar-refractivity contribution is 0.0637. The summed E-state index contributed by atoms with van der Waals surface area (Å²) in [5.41, 5.74) is 2.83. The molecule has 2 aliphatic rings. The van der Waals surface area contributed by atoms with Crippen molar-refractivity contribution in [2.45, 2.75) is 58.7 Å². The fourth-order valence-corrected chi connectivity index (χ4v) is 4.43. The average molecular weight is 465 g/mol. The molecular weight excluding hydrogens is 436 g/mol. The Labute approximate surface area is 196 Å². The summed E-state index contributed by atoms with van der Waals surface area (Å²) in [7, 11) is 0. The first-order chi connectivity index (χ1) is 16.4. The zero-order chi connectivity index (χ0) is 24.0. The van der Waals surface area contributed by atoms with Gasteiger partial charge in [-0.1, -0.05) is 0 Å². The smallest absolute Gasteiger partial charge is 0.274 e. The molecule has 3 aromatic heterocycles. The Morgan fingerprint density at radius 2 is 2.09 bits per heavy atom. The SMILES string of the molecule is CCOc1c2n(c(CNC(=O)c3c[nH]c4ncc(C5CC5)nc34)cc1=O)CCN(C(C)C)C2=O. The van der Waals surface area contributed by atoms with Gasteiger partial charge in [0.15, 0.2) is 17.1 Å². The van der Waals surface area contributed by atoms with E-state index in [1.54, 1.807) is 28.8 Å². The van der Waals surface area contributed by atoms with Crippen molar-refractivity contribution in [2.24, 2.45) is 0 Å². The van der Waals surface area contributed by atoms with Crippen LogP contribution in [0.4, 0.5) is 0 Å². The van der Waals surface area contributed by atoms with Crippen LogP contribution in [0.3, 0.4) is 0 Å². The van der Waals surface area contributed by atoms with Crippen LogP contribution in [-0.2, 0) is 13.1 Å². The maximum atomic E-state index is 13.2. The number of H-pyrrole nitrogens is 1. The molecule has 2 amide bonds. The Hall–Kier alpha value is -3.69. The lowest BCUT2D eigenvalue weighted by Crippen LogP contribution is -2.46. The van der Waals surface area contributed by atoms with Crippen LogP contribution in [0.25, 0.3) is 11.2 Å². The van der Waals surface area contributed by atoms with E-state index in [0.717, 1.165) is 18.5 Å². The third kappa shape index (κ3) is 3.82. The van der Waals surface area contributed by atoms with E-state index in [1.807, 2.05) is 13.8 Å². The van der Waals surface area contributed by atoms with E-state index in [4.69, 9.17) is 4.74 Å². The highest BCUT2D eigenvalue weighted by Crippen LogP contribution is 2.39. The summed E-state index contributed by atoms with van der Waals surface area (Å²) in [6.07, 6.45) is 5.54. The van der Waals surface area contributed by atoms with Gasteiger partial charge in [-0.05, 0) is 33.6 Å². The van der Waals surface area contributed by atoms with Crippen LogP contribution < -0.4 is 15.5 Å². The molecule has 5 rings (SSSR count). The summed E-state index contributed by atoms with van der Waals surface area (Å²) < 4.78 is 7.36. The number of carbonyl (C=O) groups excluding carboxylic acids is 2. The van der Waals surface area contributed by atoms with Crippen molar-refractivity contribution >= 4 is 23.0 Å². The highest BCUT2D eigenvalue weighted by molar-refractivity contribution is 6.04. The number of ether oxygens (including phenoxy) is 1. The first-order valence-electron chi connectivity index (χ1n) is 11.7. The molecule has 0 saturated heterocycles. The van der Waals surface area contributed by atoms with Gasteiger partial charge in [0.05, 0.1) is 30.6 Å². The number of carbonyl (C=O) groups is 2. The minimum absolute atomic E-state index is 0.00213. The Morgan fingerprint density at radius 3 is 2.79 bits per heavy atom. The molecule has 10 heteroatoms. The maximum Gasteiger partial charge on any atom is 0.274 e. The Morgan fingerprint density at radius 1 is 1.29 bits per heavy atom. The summed E-state index contributed by atoms with van der Waals surface area (Å²) >= 11 is 0. The third-order valence-corrected chi connectivity index (χ3v) is 6.36. The predicted molar refractivity (Wildman–Crippen MR) is 125 cm³/mol. The van der Waals surface area contributed by atoms with E-state index in [1.165, 1.54) is 6.07 Å². The van der Waals surface area contributed by atoms with Crippen LogP contribution in [-0.4, -0.2) is 55.4 Å². The van der Waals surface area contributed by atoms with Crippen molar-refractivity contribution in [3.8, 4) is 5.75 Å². The predicted octanol–water partition coefficient (Wildman–Crippen LogP) is 2.19. The highest BCUT2D eigenvalue weighted by Gasteiger charge is 2.32. The molecule has 0 spiro atoms. The van der Waals surface area contributed by atoms with E-state index >= 15 is 0 Å². The number of fused-ring (bicyclic) bond motifs is 2. The second-order valence-electron chi connectivity index (χ2n) is 9.01. The standard InChI is InChI=1S/C24H28N6O4/c1-4-34-21-18(31)9-15(30-8-7-29(13(2)3)24(33)20(21)30)10-27-23(32)16-11-25-22-19(16)28-17(12-26-22)14-5-6-14/h9,11-14H,4-8,10H2,1-3H3,(H,25,26)(H,27,32). The number of amides is 2. The Kier molecular flexibility index (Phi) is 5.59. The zero-order valence-electron chi connectivity index (χ0n) is 19.6. The summed E-state index contributed by atoms with van der Waals surface area (Å²) in [5.74, 6) is -0.0788. The third-order valence-electron chi connectivity index (χ3n) is 6.36. The van der Waals surface area contributed by atoms with Crippen LogP contribution >= 0.6 is 0 Å². The van der Waals surface area contributed by atoms with E-state index in [-0.39, 0.29) is 47.9 Å². The molecule has 4 heterocycles. The van der Waals surface area contributed by atoms with E-state index < -0.39 is 0 Å². The molecule has 178 valence electrons. The molecule has 1 aliphatic heterocycles. The second-order valence-corrected chi connectivity index (χ2v) is 9.01. The maximum absolute atomic E-state index is 13.2. The number of aromatic nitrogens is 4. The van der Waals surface area contributed by atoms with Crippen LogP contribution in [0.15, 0.2) is 23.3 Å². The number of hydrogen-bond acceptors (Lipinski definition) is 6. The van der Waals surface area contributed by atoms with Crippen LogP contribution in [0.2, 0.25) is 0 Å². The number of aromatic amines is 1. The van der Waals surface area contributed by atoms with Crippen molar-refractivity contribution in [3.05, 3.63) is 51.3 Å². The summed E-state index contributed by atoms with van der Waals surface area (Å²) in [4.78, 5) is 52.8. The molecule has 1 fully saturated rings. The molecule has 1 aliphatic carbocycles. The zero-order valence-corrected chi connectivity index (χ0v) is 19.6. The second kappa shape index (κ2) is 8.58. The molecule has 3 aromatic rings. The summed E-state index contributed by atoms with van der Waals surface area (Å²) in [5, 5.41) is 2.88. The Balaban J connectivity index is 1.44. The summed E-state index contributed by atoms with van der Waals surface area (Å²) in [6, 6.07) is 1.44. The lowest BCUT2D eigenvalue weighted by Gasteiger charge is -2.34. The van der Waals surface area contributed by atoms with Gasteiger partial charge in [-0.3, -0.25) is 14.4 Å². The number of hydrogen-bond donors (Lipinski definition) is 2. The minimum atomic E-state index is -0.372. The van der Waals surface area contributed by atoms with E-state index in [9.17, 15) is 14.4 Å². The van der Waals surface area contributed by atoms with Gasteiger partial charge < -0.3 is 24.5 Å². The van der Waals surface area contributed by atoms with Gasteiger partial charge in [-0.15, -0.1) is 0 Å². The van der Waals surface area contributed by atoms with Crippen molar-refractivity contribution in [1.29, 1.82) is 0 Å². The fourth-order valence-electron chi connectivity index (χ4n) is 4.43. The molecule has 1 saturated carbocycles. The quantitative estimate of drug-likeness (QED) is 0.553. The van der Waals surface area contributed by atoms with Crippen molar-refractivity contribution in [1.82, 2.24) is 29.7 Å². The number of rotatable bonds is 7. The molecule has 0 bridgehead atoms. The topological polar surface area (TPSA) is 122 Å². The lowest BCUT2D eigenvalue weighted by atomic mass is 10.1. The Bertz CT molecular complexity index is 1340. The normalized spacial score (nSPS) is 15.6. The van der Waals surface area contributed by atoms with Gasteiger partial charge in [-0.25, -0.2) is 9.97 Å². The largest absolute Gasteiger partial charge is 0.488 e. The molecule has 2 N–H and O–H groups in total. The van der Waals surface area contributed by atoms with Gasteiger partial charge >= 0.3 is 0 Å². The monoisotopic (exact) mass is 464 g/mol. The van der Waals surface area contributed by atoms with Crippen LogP contribution in [0.5, 0.6) is 5.75 Å². The molecule has 0 atom stereocenters. The van der Waals surface area contributed by atoms with Gasteiger partial charge in [0, 0.05) is 43.0 Å². The fraction of sp³-hybridized carbons (Fsp3) is 0.458. The van der Waals surface area contributed by atoms with E-state index in [2.05, 4.69) is 20.3 Å². The van der Waals surface area contributed by atoms with E-state index in [0.29, 0.717) is 41.4 Å². The van der Waals surface area contributed by atoms with Gasteiger partial charge in [0.25, 0.3) is 11.8 Å². The molecule has 34 heavy (non-hydrogen) atoms. The first-order valence-corrected chi connectivity index (χ1v) is 11.7. The minimum Gasteiger partial charge on any atom is -0.488 e. The van der Waals surface area contributed by atoms with Gasteiger partial charge in [0.1, 0.15) is 5.52 Å². The van der Waals surface area contributed by atoms with Crippen molar-refractivity contribution < 1.29 is 14.3 Å². The first kappa shape index (κ1) is 22.1. The van der Waals surface area contributed by atoms with Gasteiger partial charge in [-0.2, -0.15) is 0 Å². The van der Waals surface area contributed by atoms with Crippen molar-refractivity contribution in [3.63, 3.8) is 0 Å².